The Labute approximate surface area is 118 Å². The van der Waals surface area contributed by atoms with E-state index in [-0.39, 0.29) is 12.1 Å². The van der Waals surface area contributed by atoms with Gasteiger partial charge in [-0.3, -0.25) is 0 Å². The van der Waals surface area contributed by atoms with Crippen LogP contribution in [0.2, 0.25) is 0 Å². The van der Waals surface area contributed by atoms with Crippen molar-refractivity contribution in [3.05, 3.63) is 42.4 Å². The minimum Gasteiger partial charge on any atom is -0.393 e. The van der Waals surface area contributed by atoms with Crippen molar-refractivity contribution in [1.29, 1.82) is 0 Å². The number of benzene rings is 1. The minimum absolute atomic E-state index is 0.151. The average molecular weight is 266 g/mol. The number of hydrogen-bond acceptors (Lipinski definition) is 2. The van der Waals surface area contributed by atoms with Gasteiger partial charge in [0.05, 0.1) is 30.4 Å². The minimum atomic E-state index is -0.151. The Kier molecular flexibility index (Phi) is 1.96. The third-order valence-electron chi connectivity index (χ3n) is 5.95. The lowest BCUT2D eigenvalue weighted by molar-refractivity contribution is -0.165. The maximum atomic E-state index is 10.4. The van der Waals surface area contributed by atoms with Crippen molar-refractivity contribution >= 4 is 0 Å². The van der Waals surface area contributed by atoms with E-state index in [1.165, 1.54) is 36.1 Å². The molecule has 0 unspecified atom stereocenters. The molecule has 2 aliphatic carbocycles. The van der Waals surface area contributed by atoms with Crippen LogP contribution in [0.4, 0.5) is 0 Å². The second-order valence-electron chi connectivity index (χ2n) is 6.73. The van der Waals surface area contributed by atoms with Gasteiger partial charge < -0.3 is 9.67 Å². The zero-order chi connectivity index (χ0) is 13.3. The van der Waals surface area contributed by atoms with Gasteiger partial charge in [-0.25, -0.2) is 4.98 Å². The van der Waals surface area contributed by atoms with E-state index in [4.69, 9.17) is 0 Å². The van der Waals surface area contributed by atoms with Crippen LogP contribution in [0.5, 0.6) is 0 Å². The summed E-state index contributed by atoms with van der Waals surface area (Å²) >= 11 is 0. The van der Waals surface area contributed by atoms with E-state index in [0.717, 1.165) is 6.42 Å². The van der Waals surface area contributed by atoms with E-state index in [1.807, 2.05) is 12.5 Å². The van der Waals surface area contributed by atoms with E-state index in [1.54, 1.807) is 0 Å². The molecule has 0 amide bonds. The first-order valence-corrected chi connectivity index (χ1v) is 7.59. The maximum Gasteiger partial charge on any atom is 0.0956 e. The quantitative estimate of drug-likeness (QED) is 0.861. The van der Waals surface area contributed by atoms with Gasteiger partial charge in [-0.2, -0.15) is 0 Å². The van der Waals surface area contributed by atoms with E-state index in [0.29, 0.717) is 11.3 Å². The lowest BCUT2D eigenvalue weighted by atomic mass is 9.46. The summed E-state index contributed by atoms with van der Waals surface area (Å²) in [6.45, 7) is 0. The highest BCUT2D eigenvalue weighted by atomic mass is 16.3. The summed E-state index contributed by atoms with van der Waals surface area (Å²) in [5.74, 6) is 0.368. The molecule has 1 spiro atoms. The SMILES string of the molecule is O[C@H]1CC2(CCC2)[C@@H]1[C@H]1c2ccccc2-c2cncn21. The lowest BCUT2D eigenvalue weighted by Crippen LogP contribution is -2.58. The van der Waals surface area contributed by atoms with Crippen LogP contribution in [0.25, 0.3) is 11.3 Å². The molecule has 2 fully saturated rings. The van der Waals surface area contributed by atoms with Crippen molar-refractivity contribution in [2.75, 3.05) is 0 Å². The monoisotopic (exact) mass is 266 g/mol. The van der Waals surface area contributed by atoms with Crippen molar-refractivity contribution < 1.29 is 5.11 Å². The molecule has 5 rings (SSSR count). The smallest absolute Gasteiger partial charge is 0.0956 e. The summed E-state index contributed by atoms with van der Waals surface area (Å²) in [6.07, 6.45) is 8.65. The predicted octanol–water partition coefficient (Wildman–Crippen LogP) is 3.00. The molecule has 3 aliphatic rings. The summed E-state index contributed by atoms with van der Waals surface area (Å²) < 4.78 is 2.29. The molecule has 2 heterocycles. The first kappa shape index (κ1) is 11.1. The van der Waals surface area contributed by atoms with Crippen LogP contribution in [0.1, 0.15) is 37.3 Å². The topological polar surface area (TPSA) is 38.1 Å². The molecule has 0 saturated heterocycles. The van der Waals surface area contributed by atoms with Crippen LogP contribution < -0.4 is 0 Å². The van der Waals surface area contributed by atoms with E-state index < -0.39 is 0 Å². The van der Waals surface area contributed by atoms with Gasteiger partial charge in [0, 0.05) is 11.5 Å². The first-order valence-electron chi connectivity index (χ1n) is 7.59. The summed E-state index contributed by atoms with van der Waals surface area (Å²) in [6, 6.07) is 8.90. The summed E-state index contributed by atoms with van der Waals surface area (Å²) in [4.78, 5) is 4.33. The van der Waals surface area contributed by atoms with Crippen LogP contribution in [0.3, 0.4) is 0 Å². The Morgan fingerprint density at radius 2 is 2.10 bits per heavy atom. The van der Waals surface area contributed by atoms with E-state index in [2.05, 4.69) is 33.8 Å². The number of aliphatic hydroxyl groups is 1. The Bertz CT molecular complexity index is 686. The van der Waals surface area contributed by atoms with Crippen LogP contribution in [-0.4, -0.2) is 20.8 Å². The predicted molar refractivity (Wildman–Crippen MR) is 76.2 cm³/mol. The van der Waals surface area contributed by atoms with Gasteiger partial charge in [0.15, 0.2) is 0 Å². The van der Waals surface area contributed by atoms with Crippen molar-refractivity contribution in [2.45, 2.75) is 37.8 Å². The fraction of sp³-hybridized carbons (Fsp3) is 0.471. The molecular weight excluding hydrogens is 248 g/mol. The maximum absolute atomic E-state index is 10.4. The second-order valence-corrected chi connectivity index (χ2v) is 6.73. The molecule has 3 atom stereocenters. The standard InChI is InChI=1S/C17H18N2O/c20-14-8-17(6-3-7-17)15(14)16-12-5-2-1-4-11(12)13-9-18-10-19(13)16/h1-2,4-5,9-10,14-16,20H,3,6-8H2/t14-,15-,16+/m0/s1. The Morgan fingerprint density at radius 3 is 2.85 bits per heavy atom. The molecule has 0 radical (unpaired) electrons. The highest BCUT2D eigenvalue weighted by Gasteiger charge is 2.60. The normalized spacial score (nSPS) is 32.4. The third-order valence-corrected chi connectivity index (χ3v) is 5.95. The van der Waals surface area contributed by atoms with Gasteiger partial charge in [0.1, 0.15) is 0 Å². The number of rotatable bonds is 1. The lowest BCUT2D eigenvalue weighted by Gasteiger charge is -2.61. The molecule has 2 aromatic rings. The van der Waals surface area contributed by atoms with Crippen molar-refractivity contribution in [3.63, 3.8) is 0 Å². The van der Waals surface area contributed by atoms with Crippen molar-refractivity contribution in [1.82, 2.24) is 9.55 Å². The van der Waals surface area contributed by atoms with Crippen LogP contribution >= 0.6 is 0 Å². The van der Waals surface area contributed by atoms with Crippen LogP contribution in [-0.2, 0) is 0 Å². The number of fused-ring (bicyclic) bond motifs is 3. The van der Waals surface area contributed by atoms with Crippen LogP contribution in [0, 0.1) is 11.3 Å². The fourth-order valence-corrected chi connectivity index (χ4v) is 4.88. The summed E-state index contributed by atoms with van der Waals surface area (Å²) in [7, 11) is 0. The van der Waals surface area contributed by atoms with Gasteiger partial charge >= 0.3 is 0 Å². The second kappa shape index (κ2) is 3.53. The Balaban J connectivity index is 1.68. The first-order chi connectivity index (χ1) is 9.80. The molecule has 3 heteroatoms. The van der Waals surface area contributed by atoms with E-state index >= 15 is 0 Å². The molecule has 3 nitrogen and oxygen atoms in total. The van der Waals surface area contributed by atoms with Crippen molar-refractivity contribution in [2.24, 2.45) is 11.3 Å². The molecular formula is C17H18N2O. The van der Waals surface area contributed by atoms with Gasteiger partial charge in [-0.1, -0.05) is 30.7 Å². The van der Waals surface area contributed by atoms with Crippen LogP contribution in [0.15, 0.2) is 36.8 Å². The molecule has 1 aromatic carbocycles. The fourth-order valence-electron chi connectivity index (χ4n) is 4.88. The molecule has 2 saturated carbocycles. The zero-order valence-corrected chi connectivity index (χ0v) is 11.4. The van der Waals surface area contributed by atoms with Crippen molar-refractivity contribution in [3.8, 4) is 11.3 Å². The van der Waals surface area contributed by atoms with Gasteiger partial charge in [0.25, 0.3) is 0 Å². The largest absolute Gasteiger partial charge is 0.393 e. The Morgan fingerprint density at radius 1 is 1.25 bits per heavy atom. The molecule has 1 N–H and O–H groups in total. The number of hydrogen-bond donors (Lipinski definition) is 1. The molecule has 1 aliphatic heterocycles. The number of nitrogens with zero attached hydrogens (tertiary/aromatic N) is 2. The molecule has 1 aromatic heterocycles. The van der Waals surface area contributed by atoms with E-state index in [9.17, 15) is 5.11 Å². The number of aliphatic hydroxyl groups excluding tert-OH is 1. The van der Waals surface area contributed by atoms with Gasteiger partial charge in [-0.15, -0.1) is 0 Å². The summed E-state index contributed by atoms with van der Waals surface area (Å²) in [5.41, 5.74) is 4.28. The highest BCUT2D eigenvalue weighted by Crippen LogP contribution is 2.65. The Hall–Kier alpha value is -1.61. The molecule has 0 bridgehead atoms. The third kappa shape index (κ3) is 1.14. The van der Waals surface area contributed by atoms with Gasteiger partial charge in [-0.05, 0) is 30.2 Å². The number of imidazole rings is 1. The summed E-state index contributed by atoms with van der Waals surface area (Å²) in [5, 5.41) is 10.4. The molecule has 20 heavy (non-hydrogen) atoms. The zero-order valence-electron chi connectivity index (χ0n) is 11.4. The molecule has 102 valence electrons. The van der Waals surface area contributed by atoms with Gasteiger partial charge in [0.2, 0.25) is 0 Å². The highest BCUT2D eigenvalue weighted by molar-refractivity contribution is 5.69. The number of aromatic nitrogens is 2. The average Bonchev–Trinajstić information content (AvgIpc) is 2.97.